The largest absolute Gasteiger partial charge is 0.378 e. The highest BCUT2D eigenvalue weighted by atomic mass is 32.2. The number of benzene rings is 1. The van der Waals surface area contributed by atoms with Crippen LogP contribution in [0, 0.1) is 4.78 Å². The smallest absolute Gasteiger partial charge is 0.130 e. The van der Waals surface area contributed by atoms with Gasteiger partial charge in [0.15, 0.2) is 0 Å². The van der Waals surface area contributed by atoms with E-state index in [0.717, 1.165) is 59.1 Å². The number of anilines is 1. The summed E-state index contributed by atoms with van der Waals surface area (Å²) in [5.41, 5.74) is 5.80. The Labute approximate surface area is 187 Å². The fourth-order valence-electron chi connectivity index (χ4n) is 4.27. The molecule has 8 nitrogen and oxygen atoms in total. The van der Waals surface area contributed by atoms with Gasteiger partial charge in [-0.3, -0.25) is 10.1 Å². The van der Waals surface area contributed by atoms with Gasteiger partial charge in [-0.2, -0.15) is 5.10 Å². The lowest BCUT2D eigenvalue weighted by Crippen LogP contribution is -2.37. The molecule has 2 unspecified atom stereocenters. The van der Waals surface area contributed by atoms with Crippen molar-refractivity contribution in [3.8, 4) is 11.1 Å². The molecule has 0 aliphatic carbocycles. The molecule has 2 aromatic heterocycles. The molecule has 2 atom stereocenters. The first-order valence-corrected chi connectivity index (χ1v) is 12.7. The summed E-state index contributed by atoms with van der Waals surface area (Å²) in [7, 11) is -2.76. The first-order chi connectivity index (χ1) is 15.4. The van der Waals surface area contributed by atoms with Crippen molar-refractivity contribution in [1.82, 2.24) is 15.2 Å². The molecule has 1 saturated heterocycles. The van der Waals surface area contributed by atoms with Gasteiger partial charge in [-0.25, -0.2) is 14.0 Å². The highest BCUT2D eigenvalue weighted by molar-refractivity contribution is 7.91. The lowest BCUT2D eigenvalue weighted by molar-refractivity contribution is 0.122. The van der Waals surface area contributed by atoms with E-state index in [-0.39, 0.29) is 6.04 Å². The predicted molar refractivity (Wildman–Crippen MR) is 125 cm³/mol. The summed E-state index contributed by atoms with van der Waals surface area (Å²) in [5.74, 6) is 0.896. The van der Waals surface area contributed by atoms with Gasteiger partial charge in [-0.05, 0) is 54.3 Å². The molecule has 2 N–H and O–H groups in total. The molecule has 1 fully saturated rings. The summed E-state index contributed by atoms with van der Waals surface area (Å²) < 4.78 is 25.6. The molecule has 0 amide bonds. The summed E-state index contributed by atoms with van der Waals surface area (Å²) in [6.07, 6.45) is 3.95. The first kappa shape index (κ1) is 20.8. The number of aromatic amines is 1. The second kappa shape index (κ2) is 8.14. The van der Waals surface area contributed by atoms with E-state index in [9.17, 15) is 4.21 Å². The van der Waals surface area contributed by atoms with Gasteiger partial charge in [0.2, 0.25) is 0 Å². The number of aromatic nitrogens is 3. The van der Waals surface area contributed by atoms with Crippen LogP contribution in [0.5, 0.6) is 0 Å². The second-order valence-electron chi connectivity index (χ2n) is 8.32. The highest BCUT2D eigenvalue weighted by Crippen LogP contribution is 2.35. The molecule has 32 heavy (non-hydrogen) atoms. The fourth-order valence-corrected chi connectivity index (χ4v) is 4.93. The van der Waals surface area contributed by atoms with Crippen molar-refractivity contribution in [2.45, 2.75) is 24.3 Å². The third-order valence-corrected chi connectivity index (χ3v) is 7.06. The van der Waals surface area contributed by atoms with E-state index < -0.39 is 9.73 Å². The number of ether oxygens (including phenoxy) is 1. The minimum absolute atomic E-state index is 0.109. The SMILES string of the molecule is CC1Cc2c(-c3ccc(S(C)(=N)=O)cc3)cc(N3CCOCC3)nc2C(c2ccn[nH]2)=N1. The van der Waals surface area contributed by atoms with Crippen LogP contribution in [0.1, 0.15) is 23.9 Å². The van der Waals surface area contributed by atoms with Gasteiger partial charge in [0, 0.05) is 30.4 Å². The monoisotopic (exact) mass is 450 g/mol. The molecule has 0 saturated carbocycles. The van der Waals surface area contributed by atoms with E-state index in [1.807, 2.05) is 18.2 Å². The Morgan fingerprint density at radius 3 is 2.59 bits per heavy atom. The Morgan fingerprint density at radius 1 is 1.19 bits per heavy atom. The third-order valence-electron chi connectivity index (χ3n) is 5.89. The zero-order valence-corrected chi connectivity index (χ0v) is 19.0. The Morgan fingerprint density at radius 2 is 1.94 bits per heavy atom. The number of nitrogens with one attached hydrogen (secondary N) is 2. The minimum atomic E-state index is -2.76. The van der Waals surface area contributed by atoms with E-state index >= 15 is 0 Å². The molecule has 0 bridgehead atoms. The Balaban J connectivity index is 1.69. The van der Waals surface area contributed by atoms with Crippen molar-refractivity contribution in [3.05, 3.63) is 59.5 Å². The van der Waals surface area contributed by atoms with Crippen LogP contribution >= 0.6 is 0 Å². The summed E-state index contributed by atoms with van der Waals surface area (Å²) in [6, 6.07) is 11.7. The van der Waals surface area contributed by atoms with Crippen molar-refractivity contribution in [3.63, 3.8) is 0 Å². The fraction of sp³-hybridized carbons (Fsp3) is 0.348. The van der Waals surface area contributed by atoms with Gasteiger partial charge in [-0.15, -0.1) is 0 Å². The number of hydrogen-bond donors (Lipinski definition) is 2. The normalized spacial score (nSPS) is 20.4. The number of hydrogen-bond acceptors (Lipinski definition) is 7. The summed E-state index contributed by atoms with van der Waals surface area (Å²) in [5, 5.41) is 7.16. The highest BCUT2D eigenvalue weighted by Gasteiger charge is 2.27. The van der Waals surface area contributed by atoms with Crippen molar-refractivity contribution >= 4 is 21.3 Å². The number of H-pyrrole nitrogens is 1. The van der Waals surface area contributed by atoms with Crippen LogP contribution in [0.3, 0.4) is 0 Å². The number of nitrogens with zero attached hydrogens (tertiary/aromatic N) is 4. The topological polar surface area (TPSA) is 107 Å². The average Bonchev–Trinajstić information content (AvgIpc) is 3.33. The molecule has 1 aromatic carbocycles. The van der Waals surface area contributed by atoms with Crippen LogP contribution in [-0.4, -0.2) is 63.7 Å². The molecular formula is C23H26N6O2S. The van der Waals surface area contributed by atoms with Crippen LogP contribution in [0.25, 0.3) is 11.1 Å². The maximum absolute atomic E-state index is 12.2. The number of rotatable bonds is 4. The van der Waals surface area contributed by atoms with Gasteiger partial charge >= 0.3 is 0 Å². The molecule has 2 aliphatic heterocycles. The van der Waals surface area contributed by atoms with Crippen molar-refractivity contribution in [2.24, 2.45) is 4.99 Å². The summed E-state index contributed by atoms with van der Waals surface area (Å²) >= 11 is 0. The molecule has 0 spiro atoms. The Bertz CT molecular complexity index is 1260. The summed E-state index contributed by atoms with van der Waals surface area (Å²) in [6.45, 7) is 5.03. The second-order valence-corrected chi connectivity index (χ2v) is 10.5. The number of fused-ring (bicyclic) bond motifs is 1. The number of pyridine rings is 1. The molecule has 166 valence electrons. The average molecular weight is 451 g/mol. The van der Waals surface area contributed by atoms with E-state index in [1.54, 1.807) is 18.3 Å². The molecule has 2 aliphatic rings. The van der Waals surface area contributed by atoms with E-state index in [4.69, 9.17) is 19.5 Å². The predicted octanol–water partition coefficient (Wildman–Crippen LogP) is 3.13. The summed E-state index contributed by atoms with van der Waals surface area (Å²) in [4.78, 5) is 12.8. The maximum atomic E-state index is 12.2. The quantitative estimate of drug-likeness (QED) is 0.635. The zero-order chi connectivity index (χ0) is 22.3. The van der Waals surface area contributed by atoms with Crippen LogP contribution in [0.2, 0.25) is 0 Å². The molecule has 9 heteroatoms. The number of morpholine rings is 1. The maximum Gasteiger partial charge on any atom is 0.130 e. The third kappa shape index (κ3) is 3.93. The van der Waals surface area contributed by atoms with Gasteiger partial charge in [0.05, 0.1) is 40.4 Å². The molecule has 4 heterocycles. The van der Waals surface area contributed by atoms with Crippen LogP contribution in [0.4, 0.5) is 5.82 Å². The molecule has 0 radical (unpaired) electrons. The van der Waals surface area contributed by atoms with Gasteiger partial charge < -0.3 is 9.64 Å². The first-order valence-electron chi connectivity index (χ1n) is 10.7. The minimum Gasteiger partial charge on any atom is -0.378 e. The van der Waals surface area contributed by atoms with E-state index in [1.165, 1.54) is 6.26 Å². The Kier molecular flexibility index (Phi) is 5.30. The van der Waals surface area contributed by atoms with Crippen molar-refractivity contribution in [2.75, 3.05) is 37.5 Å². The van der Waals surface area contributed by atoms with E-state index in [0.29, 0.717) is 18.1 Å². The molecule has 5 rings (SSSR count). The lowest BCUT2D eigenvalue weighted by atomic mass is 9.90. The van der Waals surface area contributed by atoms with E-state index in [2.05, 4.69) is 28.1 Å². The number of aliphatic imine (C=N–C) groups is 1. The zero-order valence-electron chi connectivity index (χ0n) is 18.2. The van der Waals surface area contributed by atoms with Crippen LogP contribution in [0.15, 0.2) is 52.5 Å². The van der Waals surface area contributed by atoms with Crippen molar-refractivity contribution in [1.29, 1.82) is 4.78 Å². The van der Waals surface area contributed by atoms with Gasteiger partial charge in [-0.1, -0.05) is 12.1 Å². The molecular weight excluding hydrogens is 424 g/mol. The Hall–Kier alpha value is -3.04. The van der Waals surface area contributed by atoms with Crippen LogP contribution < -0.4 is 4.90 Å². The van der Waals surface area contributed by atoms with Crippen LogP contribution in [-0.2, 0) is 20.9 Å². The van der Waals surface area contributed by atoms with Gasteiger partial charge in [0.25, 0.3) is 0 Å². The standard InChI is InChI=1S/C23H26N6O2S/c1-15-13-19-18(16-3-5-17(6-4-16)32(2,24)30)14-21(29-9-11-31-12-10-29)27-22(19)23(26-15)20-7-8-25-28-20/h3-8,14-15,24H,9-13H2,1-2H3,(H,25,28). The molecule has 3 aromatic rings. The van der Waals surface area contributed by atoms with Gasteiger partial charge in [0.1, 0.15) is 11.5 Å². The lowest BCUT2D eigenvalue weighted by Gasteiger charge is -2.30. The van der Waals surface area contributed by atoms with Crippen molar-refractivity contribution < 1.29 is 8.95 Å².